The third kappa shape index (κ3) is 4.07. The molecule has 5 nitrogen and oxygen atoms in total. The molecule has 2 rings (SSSR count). The monoisotopic (exact) mass is 278 g/mol. The molecule has 20 heavy (non-hydrogen) atoms. The van der Waals surface area contributed by atoms with E-state index >= 15 is 0 Å². The first-order chi connectivity index (χ1) is 9.56. The van der Waals surface area contributed by atoms with E-state index in [1.807, 2.05) is 11.6 Å². The zero-order valence-corrected chi connectivity index (χ0v) is 12.6. The molecule has 1 fully saturated rings. The van der Waals surface area contributed by atoms with Gasteiger partial charge in [-0.15, -0.1) is 0 Å². The van der Waals surface area contributed by atoms with Crippen LogP contribution in [0, 0.1) is 19.8 Å². The SMILES string of the molecule is Cc1cc(C)n(CCCNC(=O)C2CCCC(N)C2)n1. The van der Waals surface area contributed by atoms with Gasteiger partial charge in [-0.1, -0.05) is 6.42 Å². The minimum Gasteiger partial charge on any atom is -0.356 e. The van der Waals surface area contributed by atoms with Crippen molar-refractivity contribution in [3.63, 3.8) is 0 Å². The zero-order valence-electron chi connectivity index (χ0n) is 12.6. The summed E-state index contributed by atoms with van der Waals surface area (Å²) in [5, 5.41) is 7.45. The van der Waals surface area contributed by atoms with E-state index in [2.05, 4.69) is 23.4 Å². The molecule has 0 bridgehead atoms. The van der Waals surface area contributed by atoms with E-state index in [0.29, 0.717) is 6.54 Å². The Hall–Kier alpha value is -1.36. The highest BCUT2D eigenvalue weighted by Crippen LogP contribution is 2.23. The number of aryl methyl sites for hydroxylation is 3. The number of rotatable bonds is 5. The molecule has 2 atom stereocenters. The van der Waals surface area contributed by atoms with Crippen molar-refractivity contribution in [1.82, 2.24) is 15.1 Å². The average Bonchev–Trinajstić information content (AvgIpc) is 2.73. The number of amides is 1. The van der Waals surface area contributed by atoms with E-state index in [0.717, 1.165) is 44.3 Å². The number of nitrogens with zero attached hydrogens (tertiary/aromatic N) is 2. The van der Waals surface area contributed by atoms with Crippen molar-refractivity contribution in [2.24, 2.45) is 11.7 Å². The Balaban J connectivity index is 1.68. The summed E-state index contributed by atoms with van der Waals surface area (Å²) in [5.41, 5.74) is 8.14. The first kappa shape index (κ1) is 15.0. The lowest BCUT2D eigenvalue weighted by molar-refractivity contribution is -0.126. The van der Waals surface area contributed by atoms with Crippen LogP contribution in [0.15, 0.2) is 6.07 Å². The number of carbonyl (C=O) groups is 1. The first-order valence-corrected chi connectivity index (χ1v) is 7.60. The van der Waals surface area contributed by atoms with Crippen LogP contribution in [-0.4, -0.2) is 28.3 Å². The first-order valence-electron chi connectivity index (χ1n) is 7.60. The van der Waals surface area contributed by atoms with Crippen LogP contribution in [0.1, 0.15) is 43.5 Å². The number of hydrogen-bond donors (Lipinski definition) is 2. The summed E-state index contributed by atoms with van der Waals surface area (Å²) in [7, 11) is 0. The Morgan fingerprint density at radius 3 is 2.95 bits per heavy atom. The number of nitrogens with one attached hydrogen (secondary N) is 1. The Morgan fingerprint density at radius 2 is 2.30 bits per heavy atom. The standard InChI is InChI=1S/C15H26N4O/c1-11-9-12(2)19(18-11)8-4-7-17-15(20)13-5-3-6-14(16)10-13/h9,13-14H,3-8,10,16H2,1-2H3,(H,17,20). The van der Waals surface area contributed by atoms with Gasteiger partial charge in [0.25, 0.3) is 0 Å². The van der Waals surface area contributed by atoms with Crippen molar-refractivity contribution in [1.29, 1.82) is 0 Å². The number of aromatic nitrogens is 2. The maximum atomic E-state index is 12.0. The molecule has 1 aliphatic rings. The smallest absolute Gasteiger partial charge is 0.223 e. The van der Waals surface area contributed by atoms with Gasteiger partial charge in [-0.3, -0.25) is 9.48 Å². The molecular formula is C15H26N4O. The predicted molar refractivity (Wildman–Crippen MR) is 79.3 cm³/mol. The molecule has 0 spiro atoms. The van der Waals surface area contributed by atoms with Crippen LogP contribution >= 0.6 is 0 Å². The summed E-state index contributed by atoms with van der Waals surface area (Å²) in [6.45, 7) is 5.62. The van der Waals surface area contributed by atoms with Crippen LogP contribution in [0.25, 0.3) is 0 Å². The summed E-state index contributed by atoms with van der Waals surface area (Å²) in [6.07, 6.45) is 4.86. The number of carbonyl (C=O) groups excluding carboxylic acids is 1. The fourth-order valence-corrected chi connectivity index (χ4v) is 2.95. The molecule has 2 unspecified atom stereocenters. The highest BCUT2D eigenvalue weighted by atomic mass is 16.1. The van der Waals surface area contributed by atoms with Crippen molar-refractivity contribution in [3.05, 3.63) is 17.5 Å². The second-order valence-electron chi connectivity index (χ2n) is 5.92. The molecule has 0 saturated heterocycles. The quantitative estimate of drug-likeness (QED) is 0.802. The maximum absolute atomic E-state index is 12.0. The number of hydrogen-bond acceptors (Lipinski definition) is 3. The Morgan fingerprint density at radius 1 is 1.50 bits per heavy atom. The Kier molecular flexibility index (Phi) is 5.17. The van der Waals surface area contributed by atoms with Crippen molar-refractivity contribution >= 4 is 5.91 Å². The molecule has 1 aromatic heterocycles. The summed E-state index contributed by atoms with van der Waals surface area (Å²) in [6, 6.07) is 2.27. The van der Waals surface area contributed by atoms with Gasteiger partial charge in [0, 0.05) is 30.7 Å². The lowest BCUT2D eigenvalue weighted by Crippen LogP contribution is -2.38. The van der Waals surface area contributed by atoms with Crippen LogP contribution in [0.4, 0.5) is 0 Å². The van der Waals surface area contributed by atoms with Crippen LogP contribution in [0.2, 0.25) is 0 Å². The highest BCUT2D eigenvalue weighted by molar-refractivity contribution is 5.78. The van der Waals surface area contributed by atoms with Gasteiger partial charge < -0.3 is 11.1 Å². The summed E-state index contributed by atoms with van der Waals surface area (Å²) < 4.78 is 2.00. The van der Waals surface area contributed by atoms with Crippen LogP contribution in [0.3, 0.4) is 0 Å². The minimum atomic E-state index is 0.118. The molecule has 1 saturated carbocycles. The molecular weight excluding hydrogens is 252 g/mol. The Bertz CT molecular complexity index is 455. The maximum Gasteiger partial charge on any atom is 0.223 e. The van der Waals surface area contributed by atoms with Gasteiger partial charge in [0.2, 0.25) is 5.91 Å². The van der Waals surface area contributed by atoms with E-state index in [-0.39, 0.29) is 17.9 Å². The zero-order chi connectivity index (χ0) is 14.5. The summed E-state index contributed by atoms with van der Waals surface area (Å²) in [5.74, 6) is 0.293. The van der Waals surface area contributed by atoms with Gasteiger partial charge >= 0.3 is 0 Å². The predicted octanol–water partition coefficient (Wildman–Crippen LogP) is 1.52. The fourth-order valence-electron chi connectivity index (χ4n) is 2.95. The molecule has 1 heterocycles. The third-order valence-electron chi connectivity index (χ3n) is 4.03. The molecule has 0 aromatic carbocycles. The molecule has 0 radical (unpaired) electrons. The van der Waals surface area contributed by atoms with Crippen LogP contribution in [0.5, 0.6) is 0 Å². The van der Waals surface area contributed by atoms with Crippen molar-refractivity contribution in [2.75, 3.05) is 6.54 Å². The lowest BCUT2D eigenvalue weighted by Gasteiger charge is -2.25. The van der Waals surface area contributed by atoms with Gasteiger partial charge in [-0.2, -0.15) is 5.10 Å². The second kappa shape index (κ2) is 6.88. The van der Waals surface area contributed by atoms with Gasteiger partial charge in [0.1, 0.15) is 0 Å². The van der Waals surface area contributed by atoms with E-state index in [1.165, 1.54) is 5.69 Å². The van der Waals surface area contributed by atoms with Crippen molar-refractivity contribution < 1.29 is 4.79 Å². The fraction of sp³-hybridized carbons (Fsp3) is 0.733. The summed E-state index contributed by atoms with van der Waals surface area (Å²) in [4.78, 5) is 12.0. The van der Waals surface area contributed by atoms with E-state index < -0.39 is 0 Å². The topological polar surface area (TPSA) is 72.9 Å². The molecule has 112 valence electrons. The van der Waals surface area contributed by atoms with Gasteiger partial charge in [0.05, 0.1) is 5.69 Å². The van der Waals surface area contributed by atoms with E-state index in [1.54, 1.807) is 0 Å². The van der Waals surface area contributed by atoms with E-state index in [9.17, 15) is 4.79 Å². The third-order valence-corrected chi connectivity index (χ3v) is 4.03. The lowest BCUT2D eigenvalue weighted by atomic mass is 9.85. The van der Waals surface area contributed by atoms with Crippen LogP contribution in [-0.2, 0) is 11.3 Å². The molecule has 1 amide bonds. The minimum absolute atomic E-state index is 0.118. The Labute approximate surface area is 120 Å². The second-order valence-corrected chi connectivity index (χ2v) is 5.92. The molecule has 1 aromatic rings. The van der Waals surface area contributed by atoms with Gasteiger partial charge in [-0.05, 0) is 45.6 Å². The normalized spacial score (nSPS) is 22.8. The van der Waals surface area contributed by atoms with Gasteiger partial charge in [-0.25, -0.2) is 0 Å². The van der Waals surface area contributed by atoms with Crippen molar-refractivity contribution in [2.45, 2.75) is 58.5 Å². The van der Waals surface area contributed by atoms with Crippen molar-refractivity contribution in [3.8, 4) is 0 Å². The largest absolute Gasteiger partial charge is 0.356 e. The molecule has 5 heteroatoms. The number of nitrogens with two attached hydrogens (primary N) is 1. The molecule has 3 N–H and O–H groups in total. The molecule has 0 aliphatic heterocycles. The van der Waals surface area contributed by atoms with Crippen LogP contribution < -0.4 is 11.1 Å². The van der Waals surface area contributed by atoms with Gasteiger partial charge in [0.15, 0.2) is 0 Å². The summed E-state index contributed by atoms with van der Waals surface area (Å²) >= 11 is 0. The van der Waals surface area contributed by atoms with E-state index in [4.69, 9.17) is 5.73 Å². The average molecular weight is 278 g/mol. The molecule has 1 aliphatic carbocycles. The highest BCUT2D eigenvalue weighted by Gasteiger charge is 2.24.